The summed E-state index contributed by atoms with van der Waals surface area (Å²) in [7, 11) is -3.39. The number of carbonyl (C=O) groups excluding carboxylic acids is 1. The smallest absolute Gasteiger partial charge is 0.255 e. The zero-order valence-electron chi connectivity index (χ0n) is 15.5. The number of unbranched alkanes of at least 4 members (excludes halogenated alkanes) is 1. The number of amides is 1. The monoisotopic (exact) mass is 374 g/mol. The SMILES string of the molecule is CCCCc1ccc(NC(=O)c2ccc(NS(=O)(=O)C(C)C)cc2)cc1. The van der Waals surface area contributed by atoms with Crippen molar-refractivity contribution < 1.29 is 13.2 Å². The van der Waals surface area contributed by atoms with Gasteiger partial charge in [-0.3, -0.25) is 9.52 Å². The van der Waals surface area contributed by atoms with Crippen LogP contribution in [-0.2, 0) is 16.4 Å². The Morgan fingerprint density at radius 1 is 0.962 bits per heavy atom. The van der Waals surface area contributed by atoms with Crippen molar-refractivity contribution in [2.45, 2.75) is 45.3 Å². The molecule has 0 fully saturated rings. The normalized spacial score (nSPS) is 11.4. The lowest BCUT2D eigenvalue weighted by molar-refractivity contribution is 0.102. The molecule has 6 heteroatoms. The zero-order chi connectivity index (χ0) is 19.2. The molecule has 2 rings (SSSR count). The van der Waals surface area contributed by atoms with Crippen molar-refractivity contribution in [3.8, 4) is 0 Å². The van der Waals surface area contributed by atoms with Crippen molar-refractivity contribution >= 4 is 27.3 Å². The first-order valence-electron chi connectivity index (χ1n) is 8.84. The van der Waals surface area contributed by atoms with Gasteiger partial charge in [-0.15, -0.1) is 0 Å². The molecule has 0 aliphatic rings. The van der Waals surface area contributed by atoms with E-state index in [1.54, 1.807) is 38.1 Å². The molecule has 1 amide bonds. The van der Waals surface area contributed by atoms with E-state index in [9.17, 15) is 13.2 Å². The quantitative estimate of drug-likeness (QED) is 0.718. The summed E-state index contributed by atoms with van der Waals surface area (Å²) in [6, 6.07) is 14.2. The van der Waals surface area contributed by atoms with E-state index in [-0.39, 0.29) is 5.91 Å². The Kier molecular flexibility index (Phi) is 6.80. The van der Waals surface area contributed by atoms with Crippen molar-refractivity contribution in [1.82, 2.24) is 0 Å². The summed E-state index contributed by atoms with van der Waals surface area (Å²) in [6.45, 7) is 5.38. The number of carbonyl (C=O) groups is 1. The van der Waals surface area contributed by atoms with Gasteiger partial charge in [0, 0.05) is 16.9 Å². The molecule has 26 heavy (non-hydrogen) atoms. The third-order valence-electron chi connectivity index (χ3n) is 4.06. The van der Waals surface area contributed by atoms with E-state index in [1.807, 2.05) is 24.3 Å². The molecule has 0 unspecified atom stereocenters. The fourth-order valence-corrected chi connectivity index (χ4v) is 3.01. The number of hydrogen-bond acceptors (Lipinski definition) is 3. The standard InChI is InChI=1S/C20H26N2O3S/c1-4-5-6-16-7-11-18(12-8-16)21-20(23)17-9-13-19(14-10-17)22-26(24,25)15(2)3/h7-15,22H,4-6H2,1-3H3,(H,21,23). The fraction of sp³-hybridized carbons (Fsp3) is 0.350. The van der Waals surface area contributed by atoms with Crippen LogP contribution < -0.4 is 10.0 Å². The van der Waals surface area contributed by atoms with Gasteiger partial charge in [-0.2, -0.15) is 0 Å². The molecule has 0 atom stereocenters. The van der Waals surface area contributed by atoms with Crippen molar-refractivity contribution in [1.29, 1.82) is 0 Å². The molecule has 0 aromatic heterocycles. The predicted molar refractivity (Wildman–Crippen MR) is 107 cm³/mol. The molecule has 2 aromatic carbocycles. The number of benzene rings is 2. The second-order valence-electron chi connectivity index (χ2n) is 6.53. The van der Waals surface area contributed by atoms with E-state index in [0.29, 0.717) is 11.3 Å². The van der Waals surface area contributed by atoms with Gasteiger partial charge in [-0.1, -0.05) is 25.5 Å². The van der Waals surface area contributed by atoms with Crippen molar-refractivity contribution in [3.63, 3.8) is 0 Å². The van der Waals surface area contributed by atoms with Crippen LogP contribution in [0.5, 0.6) is 0 Å². The molecule has 0 saturated carbocycles. The van der Waals surface area contributed by atoms with Gasteiger partial charge in [0.15, 0.2) is 0 Å². The van der Waals surface area contributed by atoms with Gasteiger partial charge in [0.2, 0.25) is 10.0 Å². The number of sulfonamides is 1. The van der Waals surface area contributed by atoms with Gasteiger partial charge >= 0.3 is 0 Å². The van der Waals surface area contributed by atoms with E-state index in [4.69, 9.17) is 0 Å². The van der Waals surface area contributed by atoms with Gasteiger partial charge in [-0.25, -0.2) is 8.42 Å². The lowest BCUT2D eigenvalue weighted by Gasteiger charge is -2.11. The number of anilines is 2. The molecule has 0 aliphatic carbocycles. The van der Waals surface area contributed by atoms with Crippen LogP contribution in [-0.4, -0.2) is 19.6 Å². The minimum atomic E-state index is -3.39. The highest BCUT2D eigenvalue weighted by atomic mass is 32.2. The first-order chi connectivity index (χ1) is 12.3. The molecule has 0 aliphatic heterocycles. The summed E-state index contributed by atoms with van der Waals surface area (Å²) >= 11 is 0. The molecule has 0 bridgehead atoms. The van der Waals surface area contributed by atoms with E-state index >= 15 is 0 Å². The van der Waals surface area contributed by atoms with Crippen molar-refractivity contribution in [2.24, 2.45) is 0 Å². The Bertz CT molecular complexity index is 826. The van der Waals surface area contributed by atoms with Gasteiger partial charge < -0.3 is 5.32 Å². The second-order valence-corrected chi connectivity index (χ2v) is 8.76. The molecule has 2 aromatic rings. The van der Waals surface area contributed by atoms with Gasteiger partial charge in [0.05, 0.1) is 5.25 Å². The van der Waals surface area contributed by atoms with E-state index in [1.165, 1.54) is 5.56 Å². The Hall–Kier alpha value is -2.34. The molecule has 2 N–H and O–H groups in total. The summed E-state index contributed by atoms with van der Waals surface area (Å²) < 4.78 is 26.2. The summed E-state index contributed by atoms with van der Waals surface area (Å²) in [5.74, 6) is -0.232. The topological polar surface area (TPSA) is 75.3 Å². The molecular weight excluding hydrogens is 348 g/mol. The third kappa shape index (κ3) is 5.59. The Morgan fingerprint density at radius 3 is 2.08 bits per heavy atom. The minimum absolute atomic E-state index is 0.232. The largest absolute Gasteiger partial charge is 0.322 e. The van der Waals surface area contributed by atoms with Crippen molar-refractivity contribution in [2.75, 3.05) is 10.0 Å². The highest BCUT2D eigenvalue weighted by Crippen LogP contribution is 2.16. The van der Waals surface area contributed by atoms with Crippen LogP contribution in [0.3, 0.4) is 0 Å². The van der Waals surface area contributed by atoms with Crippen LogP contribution in [0.2, 0.25) is 0 Å². The lowest BCUT2D eigenvalue weighted by Crippen LogP contribution is -2.22. The number of rotatable bonds is 8. The number of aryl methyl sites for hydroxylation is 1. The molecule has 0 heterocycles. The average molecular weight is 375 g/mol. The van der Waals surface area contributed by atoms with Gasteiger partial charge in [0.25, 0.3) is 5.91 Å². The molecule has 0 radical (unpaired) electrons. The van der Waals surface area contributed by atoms with E-state index in [2.05, 4.69) is 17.0 Å². The Labute approximate surface area is 155 Å². The number of hydrogen-bond donors (Lipinski definition) is 2. The van der Waals surface area contributed by atoms with E-state index in [0.717, 1.165) is 24.9 Å². The van der Waals surface area contributed by atoms with Crippen LogP contribution in [0, 0.1) is 0 Å². The van der Waals surface area contributed by atoms with Crippen LogP contribution >= 0.6 is 0 Å². The molecule has 5 nitrogen and oxygen atoms in total. The van der Waals surface area contributed by atoms with Crippen LogP contribution in [0.1, 0.15) is 49.5 Å². The van der Waals surface area contributed by atoms with Gasteiger partial charge in [0.1, 0.15) is 0 Å². The van der Waals surface area contributed by atoms with Crippen LogP contribution in [0.25, 0.3) is 0 Å². The highest BCUT2D eigenvalue weighted by molar-refractivity contribution is 7.93. The predicted octanol–water partition coefficient (Wildman–Crippen LogP) is 4.43. The molecule has 0 saturated heterocycles. The summed E-state index contributed by atoms with van der Waals surface area (Å²) in [5, 5.41) is 2.33. The maximum atomic E-state index is 12.3. The van der Waals surface area contributed by atoms with E-state index < -0.39 is 15.3 Å². The molecular formula is C20H26N2O3S. The van der Waals surface area contributed by atoms with Gasteiger partial charge in [-0.05, 0) is 68.7 Å². The third-order valence-corrected chi connectivity index (χ3v) is 5.82. The maximum absolute atomic E-state index is 12.3. The summed E-state index contributed by atoms with van der Waals surface area (Å²) in [6.07, 6.45) is 3.35. The summed E-state index contributed by atoms with van der Waals surface area (Å²) in [4.78, 5) is 12.3. The molecule has 0 spiro atoms. The average Bonchev–Trinajstić information content (AvgIpc) is 2.61. The second kappa shape index (κ2) is 8.85. The Balaban J connectivity index is 1.99. The summed E-state index contributed by atoms with van der Waals surface area (Å²) in [5.41, 5.74) is 2.90. The van der Waals surface area contributed by atoms with Crippen LogP contribution in [0.4, 0.5) is 11.4 Å². The zero-order valence-corrected chi connectivity index (χ0v) is 16.3. The number of nitrogens with one attached hydrogen (secondary N) is 2. The minimum Gasteiger partial charge on any atom is -0.322 e. The Morgan fingerprint density at radius 2 is 1.54 bits per heavy atom. The highest BCUT2D eigenvalue weighted by Gasteiger charge is 2.15. The maximum Gasteiger partial charge on any atom is 0.255 e. The van der Waals surface area contributed by atoms with Crippen LogP contribution in [0.15, 0.2) is 48.5 Å². The lowest BCUT2D eigenvalue weighted by atomic mass is 10.1. The fourth-order valence-electron chi connectivity index (χ4n) is 2.31. The van der Waals surface area contributed by atoms with Crippen molar-refractivity contribution in [3.05, 3.63) is 59.7 Å². The molecule has 140 valence electrons. The first-order valence-corrected chi connectivity index (χ1v) is 10.4. The first kappa shape index (κ1) is 20.0.